The maximum atomic E-state index is 11.7. The van der Waals surface area contributed by atoms with Crippen LogP contribution in [0.1, 0.15) is 12.8 Å². The molecule has 0 bridgehead atoms. The minimum absolute atomic E-state index is 0.0701. The maximum absolute atomic E-state index is 11.7. The number of ether oxygens (including phenoxy) is 4. The Bertz CT molecular complexity index is 449. The molecule has 116 valence electrons. The zero-order chi connectivity index (χ0) is 15.1. The van der Waals surface area contributed by atoms with E-state index in [4.69, 9.17) is 18.9 Å². The lowest BCUT2D eigenvalue weighted by atomic mass is 10.2. The highest BCUT2D eigenvalue weighted by atomic mass is 16.5. The van der Waals surface area contributed by atoms with E-state index in [1.165, 1.54) is 0 Å². The molecule has 0 spiro atoms. The molecule has 1 N–H and O–H groups in total. The van der Waals surface area contributed by atoms with Gasteiger partial charge in [0.05, 0.1) is 20.8 Å². The average Bonchev–Trinajstić information content (AvgIpc) is 3.05. The van der Waals surface area contributed by atoms with Gasteiger partial charge in [0.15, 0.2) is 0 Å². The SMILES string of the molecule is COc1cc(OC)cc(OCCNC(=O)C2CCCO2)c1. The lowest BCUT2D eigenvalue weighted by molar-refractivity contribution is -0.130. The predicted molar refractivity (Wildman–Crippen MR) is 77.0 cm³/mol. The van der Waals surface area contributed by atoms with Gasteiger partial charge in [-0.15, -0.1) is 0 Å². The van der Waals surface area contributed by atoms with Gasteiger partial charge in [-0.3, -0.25) is 4.79 Å². The number of benzene rings is 1. The third-order valence-electron chi connectivity index (χ3n) is 3.22. The molecule has 1 fully saturated rings. The molecule has 0 aliphatic carbocycles. The van der Waals surface area contributed by atoms with Gasteiger partial charge in [0.2, 0.25) is 5.91 Å². The second kappa shape index (κ2) is 7.73. The molecule has 0 radical (unpaired) electrons. The molecule has 1 heterocycles. The zero-order valence-electron chi connectivity index (χ0n) is 12.4. The number of hydrogen-bond donors (Lipinski definition) is 1. The van der Waals surface area contributed by atoms with Gasteiger partial charge in [-0.1, -0.05) is 0 Å². The number of amides is 1. The first-order chi connectivity index (χ1) is 10.2. The Labute approximate surface area is 124 Å². The number of methoxy groups -OCH3 is 2. The fourth-order valence-electron chi connectivity index (χ4n) is 2.11. The third-order valence-corrected chi connectivity index (χ3v) is 3.22. The average molecular weight is 295 g/mol. The summed E-state index contributed by atoms with van der Waals surface area (Å²) in [7, 11) is 3.17. The molecule has 6 nitrogen and oxygen atoms in total. The van der Waals surface area contributed by atoms with Gasteiger partial charge in [0, 0.05) is 24.8 Å². The van der Waals surface area contributed by atoms with Crippen LogP contribution >= 0.6 is 0 Å². The van der Waals surface area contributed by atoms with Crippen molar-refractivity contribution in [2.24, 2.45) is 0 Å². The zero-order valence-corrected chi connectivity index (χ0v) is 12.4. The molecule has 1 unspecified atom stereocenters. The Morgan fingerprint density at radius 1 is 1.24 bits per heavy atom. The van der Waals surface area contributed by atoms with E-state index in [1.807, 2.05) is 0 Å². The quantitative estimate of drug-likeness (QED) is 0.770. The molecule has 1 aromatic rings. The maximum Gasteiger partial charge on any atom is 0.249 e. The Balaban J connectivity index is 1.76. The highest BCUT2D eigenvalue weighted by Gasteiger charge is 2.22. The van der Waals surface area contributed by atoms with E-state index in [-0.39, 0.29) is 12.0 Å². The third kappa shape index (κ3) is 4.53. The summed E-state index contributed by atoms with van der Waals surface area (Å²) in [6, 6.07) is 5.31. The Morgan fingerprint density at radius 2 is 1.90 bits per heavy atom. The monoisotopic (exact) mass is 295 g/mol. The van der Waals surface area contributed by atoms with Crippen molar-refractivity contribution in [1.82, 2.24) is 5.32 Å². The van der Waals surface area contributed by atoms with E-state index in [9.17, 15) is 4.79 Å². The predicted octanol–water partition coefficient (Wildman–Crippen LogP) is 1.38. The van der Waals surface area contributed by atoms with Crippen LogP contribution in [-0.4, -0.2) is 46.0 Å². The summed E-state index contributed by atoms with van der Waals surface area (Å²) in [4.78, 5) is 11.7. The molecular formula is C15H21NO5. The van der Waals surface area contributed by atoms with Crippen molar-refractivity contribution in [3.8, 4) is 17.2 Å². The molecule has 6 heteroatoms. The number of carbonyl (C=O) groups is 1. The lowest BCUT2D eigenvalue weighted by Gasteiger charge is -2.12. The highest BCUT2D eigenvalue weighted by Crippen LogP contribution is 2.27. The highest BCUT2D eigenvalue weighted by molar-refractivity contribution is 5.80. The molecule has 1 saturated heterocycles. The van der Waals surface area contributed by atoms with Crippen molar-refractivity contribution in [3.63, 3.8) is 0 Å². The van der Waals surface area contributed by atoms with Crippen LogP contribution in [0.15, 0.2) is 18.2 Å². The number of nitrogens with one attached hydrogen (secondary N) is 1. The second-order valence-corrected chi connectivity index (χ2v) is 4.69. The second-order valence-electron chi connectivity index (χ2n) is 4.69. The van der Waals surface area contributed by atoms with Crippen molar-refractivity contribution in [3.05, 3.63) is 18.2 Å². The van der Waals surface area contributed by atoms with Gasteiger partial charge in [-0.05, 0) is 12.8 Å². The molecule has 21 heavy (non-hydrogen) atoms. The topological polar surface area (TPSA) is 66.0 Å². The number of carbonyl (C=O) groups excluding carboxylic acids is 1. The Morgan fingerprint density at radius 3 is 2.48 bits per heavy atom. The normalized spacial score (nSPS) is 17.3. The van der Waals surface area contributed by atoms with Crippen molar-refractivity contribution >= 4 is 5.91 Å². The molecular weight excluding hydrogens is 274 g/mol. The van der Waals surface area contributed by atoms with Crippen LogP contribution in [0.5, 0.6) is 17.2 Å². The van der Waals surface area contributed by atoms with Gasteiger partial charge in [-0.25, -0.2) is 0 Å². The summed E-state index contributed by atoms with van der Waals surface area (Å²) in [5, 5.41) is 2.80. The van der Waals surface area contributed by atoms with Gasteiger partial charge in [-0.2, -0.15) is 0 Å². The Hall–Kier alpha value is -1.95. The lowest BCUT2D eigenvalue weighted by Crippen LogP contribution is -2.36. The van der Waals surface area contributed by atoms with Crippen molar-refractivity contribution in [2.75, 3.05) is 34.0 Å². The van der Waals surface area contributed by atoms with Crippen molar-refractivity contribution < 1.29 is 23.7 Å². The van der Waals surface area contributed by atoms with Crippen LogP contribution in [0.3, 0.4) is 0 Å². The summed E-state index contributed by atoms with van der Waals surface area (Å²) in [6.07, 6.45) is 1.43. The molecule has 2 rings (SSSR count). The van der Waals surface area contributed by atoms with Crippen molar-refractivity contribution in [1.29, 1.82) is 0 Å². The summed E-state index contributed by atoms with van der Waals surface area (Å²) < 4.78 is 21.2. The smallest absolute Gasteiger partial charge is 0.249 e. The van der Waals surface area contributed by atoms with E-state index in [0.717, 1.165) is 12.8 Å². The first-order valence-corrected chi connectivity index (χ1v) is 6.98. The minimum Gasteiger partial charge on any atom is -0.496 e. The van der Waals surface area contributed by atoms with Crippen LogP contribution in [0, 0.1) is 0 Å². The molecule has 1 amide bonds. The van der Waals surface area contributed by atoms with E-state index in [2.05, 4.69) is 5.32 Å². The summed E-state index contributed by atoms with van der Waals surface area (Å²) >= 11 is 0. The summed E-state index contributed by atoms with van der Waals surface area (Å²) in [6.45, 7) is 1.46. The van der Waals surface area contributed by atoms with Crippen LogP contribution < -0.4 is 19.5 Å². The van der Waals surface area contributed by atoms with Crippen LogP contribution in [-0.2, 0) is 9.53 Å². The van der Waals surface area contributed by atoms with Crippen LogP contribution in [0.4, 0.5) is 0 Å². The summed E-state index contributed by atoms with van der Waals surface area (Å²) in [5.41, 5.74) is 0. The van der Waals surface area contributed by atoms with Crippen LogP contribution in [0.25, 0.3) is 0 Å². The van der Waals surface area contributed by atoms with Gasteiger partial charge in [0.25, 0.3) is 0 Å². The molecule has 0 saturated carbocycles. The fraction of sp³-hybridized carbons (Fsp3) is 0.533. The number of rotatable bonds is 7. The standard InChI is InChI=1S/C15H21NO5/c1-18-11-8-12(19-2)10-13(9-11)20-7-5-16-15(17)14-4-3-6-21-14/h8-10,14H,3-7H2,1-2H3,(H,16,17). The van der Waals surface area contributed by atoms with Gasteiger partial charge >= 0.3 is 0 Å². The fourth-order valence-corrected chi connectivity index (χ4v) is 2.11. The molecule has 1 atom stereocenters. The minimum atomic E-state index is -0.304. The molecule has 1 aromatic carbocycles. The number of hydrogen-bond acceptors (Lipinski definition) is 5. The Kier molecular flexibility index (Phi) is 5.68. The first-order valence-electron chi connectivity index (χ1n) is 6.98. The summed E-state index contributed by atoms with van der Waals surface area (Å²) in [5.74, 6) is 1.89. The molecule has 1 aliphatic rings. The van der Waals surface area contributed by atoms with Gasteiger partial charge in [0.1, 0.15) is 30.0 Å². The van der Waals surface area contributed by atoms with Crippen molar-refractivity contribution in [2.45, 2.75) is 18.9 Å². The van der Waals surface area contributed by atoms with Crippen LogP contribution in [0.2, 0.25) is 0 Å². The largest absolute Gasteiger partial charge is 0.496 e. The van der Waals surface area contributed by atoms with E-state index in [0.29, 0.717) is 37.0 Å². The first kappa shape index (κ1) is 15.4. The van der Waals surface area contributed by atoms with E-state index < -0.39 is 0 Å². The van der Waals surface area contributed by atoms with E-state index >= 15 is 0 Å². The molecule has 1 aliphatic heterocycles. The van der Waals surface area contributed by atoms with Gasteiger partial charge < -0.3 is 24.3 Å². The van der Waals surface area contributed by atoms with E-state index in [1.54, 1.807) is 32.4 Å². The molecule has 0 aromatic heterocycles.